The van der Waals surface area contributed by atoms with Crippen LogP contribution >= 0.6 is 15.9 Å². The minimum atomic E-state index is -3.89. The summed E-state index contributed by atoms with van der Waals surface area (Å²) >= 11 is 3.28. The fourth-order valence-corrected chi connectivity index (χ4v) is 8.92. The number of hydrogen-bond acceptors (Lipinski definition) is 4. The number of nitrogens with one attached hydrogen (secondary N) is 3. The molecule has 1 aromatic carbocycles. The zero-order valence-electron chi connectivity index (χ0n) is 19.1. The molecule has 5 fully saturated rings. The van der Waals surface area contributed by atoms with Gasteiger partial charge in [0.05, 0.1) is 10.3 Å². The lowest BCUT2D eigenvalue weighted by Crippen LogP contribution is -2.65. The average Bonchev–Trinajstić information content (AvgIpc) is 3.53. The van der Waals surface area contributed by atoms with Crippen LogP contribution in [0.15, 0.2) is 33.6 Å². The SMILES string of the molecule is CC(C)(NS(=O)(=O)c1ccccc1Br)C(=O)NC1C2CC3C[C@@H]1CC(C(=O)NC1CC1)(C3)C2. The molecule has 5 aliphatic carbocycles. The van der Waals surface area contributed by atoms with Crippen molar-refractivity contribution in [3.05, 3.63) is 28.7 Å². The van der Waals surface area contributed by atoms with E-state index in [2.05, 4.69) is 31.3 Å². The molecular weight excluding hydrogens is 506 g/mol. The van der Waals surface area contributed by atoms with Crippen LogP contribution in [0.5, 0.6) is 0 Å². The molecule has 3 N–H and O–H groups in total. The number of hydrogen-bond donors (Lipinski definition) is 3. The van der Waals surface area contributed by atoms with Crippen molar-refractivity contribution in [2.24, 2.45) is 23.2 Å². The third-order valence-electron chi connectivity index (χ3n) is 8.05. The van der Waals surface area contributed by atoms with Gasteiger partial charge in [-0.25, -0.2) is 8.42 Å². The first kappa shape index (κ1) is 23.3. The monoisotopic (exact) mass is 537 g/mol. The van der Waals surface area contributed by atoms with Crippen LogP contribution in [0.1, 0.15) is 58.8 Å². The van der Waals surface area contributed by atoms with Gasteiger partial charge in [0, 0.05) is 16.6 Å². The number of sulfonamides is 1. The van der Waals surface area contributed by atoms with E-state index in [1.165, 1.54) is 6.07 Å². The molecule has 5 saturated carbocycles. The Balaban J connectivity index is 1.28. The van der Waals surface area contributed by atoms with Crippen molar-refractivity contribution >= 4 is 37.8 Å². The van der Waals surface area contributed by atoms with E-state index in [4.69, 9.17) is 0 Å². The van der Waals surface area contributed by atoms with Gasteiger partial charge in [-0.15, -0.1) is 0 Å². The lowest BCUT2D eigenvalue weighted by atomic mass is 9.47. The van der Waals surface area contributed by atoms with Crippen LogP contribution in [-0.2, 0) is 19.6 Å². The van der Waals surface area contributed by atoms with Gasteiger partial charge in [0.1, 0.15) is 5.54 Å². The largest absolute Gasteiger partial charge is 0.353 e. The predicted octanol–water partition coefficient (Wildman–Crippen LogP) is 3.10. The summed E-state index contributed by atoms with van der Waals surface area (Å²) in [6, 6.07) is 6.90. The second-order valence-corrected chi connectivity index (χ2v) is 13.7. The molecule has 0 spiro atoms. The third kappa shape index (κ3) is 4.36. The fraction of sp³-hybridized carbons (Fsp3) is 0.667. The maximum absolute atomic E-state index is 13.3. The van der Waals surface area contributed by atoms with Crippen LogP contribution in [0.25, 0.3) is 0 Å². The molecule has 0 aromatic heterocycles. The van der Waals surface area contributed by atoms with E-state index in [9.17, 15) is 18.0 Å². The summed E-state index contributed by atoms with van der Waals surface area (Å²) in [5, 5.41) is 6.42. The average molecular weight is 539 g/mol. The number of rotatable bonds is 7. The number of carbonyl (C=O) groups is 2. The summed E-state index contributed by atoms with van der Waals surface area (Å²) in [6.45, 7) is 3.19. The van der Waals surface area contributed by atoms with Crippen molar-refractivity contribution in [2.75, 3.05) is 0 Å². The van der Waals surface area contributed by atoms with Gasteiger partial charge in [-0.05, 0) is 105 Å². The molecule has 9 heteroatoms. The van der Waals surface area contributed by atoms with Crippen LogP contribution in [0.2, 0.25) is 0 Å². The maximum Gasteiger partial charge on any atom is 0.242 e. The highest BCUT2D eigenvalue weighted by Gasteiger charge is 2.59. The van der Waals surface area contributed by atoms with E-state index in [-0.39, 0.29) is 40.0 Å². The standard InChI is InChI=1S/C24H32BrN3O4S/c1-23(2,28-33(31,32)19-6-4-3-5-18(19)25)21(29)27-20-15-9-14-10-16(20)13-24(11-14,12-15)22(30)26-17-7-8-17/h3-6,14-17,20,28H,7-13H2,1-2H3,(H,26,30)(H,27,29)/t14?,15-,16?,20?,24?/m1/s1. The second-order valence-electron chi connectivity index (χ2n) is 11.2. The van der Waals surface area contributed by atoms with E-state index < -0.39 is 15.6 Å². The van der Waals surface area contributed by atoms with Crippen molar-refractivity contribution in [1.29, 1.82) is 0 Å². The van der Waals surface area contributed by atoms with E-state index >= 15 is 0 Å². The summed E-state index contributed by atoms with van der Waals surface area (Å²) in [6.07, 6.45) is 6.82. The highest BCUT2D eigenvalue weighted by Crippen LogP contribution is 2.60. The number of carbonyl (C=O) groups excluding carboxylic acids is 2. The van der Waals surface area contributed by atoms with Gasteiger partial charge in [0.2, 0.25) is 21.8 Å². The smallest absolute Gasteiger partial charge is 0.242 e. The van der Waals surface area contributed by atoms with Crippen molar-refractivity contribution in [3.63, 3.8) is 0 Å². The molecule has 33 heavy (non-hydrogen) atoms. The van der Waals surface area contributed by atoms with Crippen LogP contribution in [0, 0.1) is 23.2 Å². The first-order chi connectivity index (χ1) is 15.5. The van der Waals surface area contributed by atoms with Crippen LogP contribution in [0.4, 0.5) is 0 Å². The Labute approximate surface area is 204 Å². The van der Waals surface area contributed by atoms with Gasteiger partial charge in [-0.1, -0.05) is 12.1 Å². The third-order valence-corrected chi connectivity index (χ3v) is 10.7. The maximum atomic E-state index is 13.3. The van der Waals surface area contributed by atoms with Gasteiger partial charge >= 0.3 is 0 Å². The molecule has 180 valence electrons. The quantitative estimate of drug-likeness (QED) is 0.497. The summed E-state index contributed by atoms with van der Waals surface area (Å²) in [5.41, 5.74) is -1.60. The fourth-order valence-electron chi connectivity index (χ4n) is 6.54. The molecule has 0 aliphatic heterocycles. The van der Waals surface area contributed by atoms with Crippen LogP contribution in [-0.4, -0.2) is 37.9 Å². The summed E-state index contributed by atoms with van der Waals surface area (Å²) in [7, 11) is -3.89. The minimum Gasteiger partial charge on any atom is -0.353 e. The van der Waals surface area contributed by atoms with E-state index in [0.29, 0.717) is 16.4 Å². The number of halogens is 1. The Morgan fingerprint density at radius 3 is 2.27 bits per heavy atom. The number of benzene rings is 1. The summed E-state index contributed by atoms with van der Waals surface area (Å²) in [4.78, 5) is 26.5. The minimum absolute atomic E-state index is 0.0110. The van der Waals surface area contributed by atoms with Crippen molar-refractivity contribution < 1.29 is 18.0 Å². The topological polar surface area (TPSA) is 104 Å². The van der Waals surface area contributed by atoms with E-state index in [0.717, 1.165) is 44.9 Å². The van der Waals surface area contributed by atoms with Crippen molar-refractivity contribution in [1.82, 2.24) is 15.4 Å². The Hall–Kier alpha value is -1.45. The highest BCUT2D eigenvalue weighted by atomic mass is 79.9. The number of amides is 2. The Kier molecular flexibility index (Phi) is 5.69. The lowest BCUT2D eigenvalue weighted by molar-refractivity contribution is -0.151. The molecule has 0 heterocycles. The Bertz CT molecular complexity index is 1070. The van der Waals surface area contributed by atoms with Gasteiger partial charge in [0.25, 0.3) is 0 Å². The normalized spacial score (nSPS) is 33.1. The zero-order valence-corrected chi connectivity index (χ0v) is 21.5. The Morgan fingerprint density at radius 1 is 1.03 bits per heavy atom. The van der Waals surface area contributed by atoms with Crippen LogP contribution in [0.3, 0.4) is 0 Å². The summed E-state index contributed by atoms with van der Waals surface area (Å²) in [5.74, 6) is 0.965. The molecule has 4 bridgehead atoms. The van der Waals surface area contributed by atoms with E-state index in [1.54, 1.807) is 32.0 Å². The molecule has 6 rings (SSSR count). The lowest BCUT2D eigenvalue weighted by Gasteiger charge is -2.59. The second kappa shape index (κ2) is 8.05. The highest BCUT2D eigenvalue weighted by molar-refractivity contribution is 9.10. The molecule has 0 saturated heterocycles. The Morgan fingerprint density at radius 2 is 1.67 bits per heavy atom. The first-order valence-corrected chi connectivity index (χ1v) is 14.2. The van der Waals surface area contributed by atoms with Gasteiger partial charge < -0.3 is 10.6 Å². The predicted molar refractivity (Wildman–Crippen MR) is 128 cm³/mol. The van der Waals surface area contributed by atoms with Gasteiger partial charge in [-0.2, -0.15) is 4.72 Å². The van der Waals surface area contributed by atoms with Crippen LogP contribution < -0.4 is 15.4 Å². The molecule has 0 radical (unpaired) electrons. The summed E-state index contributed by atoms with van der Waals surface area (Å²) < 4.78 is 28.9. The molecule has 1 aromatic rings. The molecule has 5 atom stereocenters. The molecular formula is C24H32BrN3O4S. The molecule has 2 amide bonds. The molecule has 5 aliphatic rings. The van der Waals surface area contributed by atoms with Gasteiger partial charge in [0.15, 0.2) is 0 Å². The van der Waals surface area contributed by atoms with Crippen molar-refractivity contribution in [3.8, 4) is 0 Å². The molecule has 7 nitrogen and oxygen atoms in total. The van der Waals surface area contributed by atoms with Crippen molar-refractivity contribution in [2.45, 2.75) is 81.3 Å². The molecule has 4 unspecified atom stereocenters. The zero-order chi connectivity index (χ0) is 23.6. The first-order valence-electron chi connectivity index (χ1n) is 11.9. The van der Waals surface area contributed by atoms with E-state index in [1.807, 2.05) is 0 Å². The van der Waals surface area contributed by atoms with Gasteiger partial charge in [-0.3, -0.25) is 9.59 Å².